The number of thiazole rings is 1. The van der Waals surface area contributed by atoms with Crippen LogP contribution in [0.1, 0.15) is 68.0 Å². The summed E-state index contributed by atoms with van der Waals surface area (Å²) < 4.78 is 10.8. The summed E-state index contributed by atoms with van der Waals surface area (Å²) in [5.74, 6) is -0.0133. The molecule has 0 unspecified atom stereocenters. The van der Waals surface area contributed by atoms with Crippen molar-refractivity contribution in [1.82, 2.24) is 10.3 Å². The van der Waals surface area contributed by atoms with Crippen molar-refractivity contribution >= 4 is 23.2 Å². The minimum atomic E-state index is -1.08. The second kappa shape index (κ2) is 10.6. The van der Waals surface area contributed by atoms with Crippen molar-refractivity contribution in [3.05, 3.63) is 70.2 Å². The lowest BCUT2D eigenvalue weighted by atomic mass is 9.87. The number of amides is 1. The second-order valence-electron chi connectivity index (χ2n) is 9.92. The Morgan fingerprint density at radius 1 is 0.971 bits per heavy atom. The van der Waals surface area contributed by atoms with Crippen LogP contribution in [-0.4, -0.2) is 29.1 Å². The number of esters is 1. The Bertz CT molecular complexity index is 1170. The molecule has 0 radical (unpaired) electrons. The molecule has 0 saturated heterocycles. The molecule has 3 aromatic rings. The highest BCUT2D eigenvalue weighted by Crippen LogP contribution is 2.30. The number of rotatable bonds is 8. The van der Waals surface area contributed by atoms with Gasteiger partial charge in [-0.3, -0.25) is 4.79 Å². The first kappa shape index (κ1) is 26.4. The molecule has 7 heteroatoms. The lowest BCUT2D eigenvalue weighted by molar-refractivity contribution is -0.158. The van der Waals surface area contributed by atoms with Crippen LogP contribution >= 0.6 is 11.3 Å². The van der Waals surface area contributed by atoms with Gasteiger partial charge in [0.2, 0.25) is 0 Å². The number of ether oxygens (including phenoxy) is 2. The molecule has 1 amide bonds. The molecular weight excluding hydrogens is 460 g/mol. The van der Waals surface area contributed by atoms with Crippen LogP contribution < -0.4 is 10.1 Å². The fraction of sp³-hybridized carbons (Fsp3) is 0.393. The SMILES string of the molecule is CCOC(=O)C(C)(C)Oc1ccc(CNC(=O)c2sc(-c3ccc(C(C)(C)C)cc3)nc2C)cc1. The molecule has 0 bridgehead atoms. The van der Waals surface area contributed by atoms with Crippen LogP contribution in [-0.2, 0) is 21.5 Å². The summed E-state index contributed by atoms with van der Waals surface area (Å²) >= 11 is 1.40. The summed E-state index contributed by atoms with van der Waals surface area (Å²) in [4.78, 5) is 30.1. The predicted molar refractivity (Wildman–Crippen MR) is 140 cm³/mol. The van der Waals surface area contributed by atoms with Crippen molar-refractivity contribution in [1.29, 1.82) is 0 Å². The first-order valence-corrected chi connectivity index (χ1v) is 12.5. The summed E-state index contributed by atoms with van der Waals surface area (Å²) in [7, 11) is 0. The molecule has 1 aromatic heterocycles. The van der Waals surface area contributed by atoms with Gasteiger partial charge in [0.05, 0.1) is 12.3 Å². The first-order valence-electron chi connectivity index (χ1n) is 11.7. The van der Waals surface area contributed by atoms with Crippen LogP contribution in [0, 0.1) is 6.92 Å². The van der Waals surface area contributed by atoms with E-state index in [-0.39, 0.29) is 11.3 Å². The average molecular weight is 495 g/mol. The van der Waals surface area contributed by atoms with Crippen LogP contribution in [0.25, 0.3) is 10.6 Å². The van der Waals surface area contributed by atoms with Gasteiger partial charge in [0.1, 0.15) is 15.6 Å². The average Bonchev–Trinajstić information content (AvgIpc) is 3.19. The Hall–Kier alpha value is -3.19. The Kier molecular flexibility index (Phi) is 8.00. The molecule has 1 N–H and O–H groups in total. The number of benzene rings is 2. The number of aryl methyl sites for hydroxylation is 1. The lowest BCUT2D eigenvalue weighted by Gasteiger charge is -2.24. The summed E-state index contributed by atoms with van der Waals surface area (Å²) in [5, 5.41) is 3.80. The first-order chi connectivity index (χ1) is 16.4. The molecule has 0 aliphatic carbocycles. The van der Waals surface area contributed by atoms with E-state index in [4.69, 9.17) is 9.47 Å². The maximum absolute atomic E-state index is 12.8. The van der Waals surface area contributed by atoms with Gasteiger partial charge in [0.15, 0.2) is 5.60 Å². The third-order valence-corrected chi connectivity index (χ3v) is 6.72. The number of nitrogens with one attached hydrogen (secondary N) is 1. The summed E-state index contributed by atoms with van der Waals surface area (Å²) in [6.45, 7) is 14.2. The number of aromatic nitrogens is 1. The predicted octanol–water partition coefficient (Wildman–Crippen LogP) is 6.07. The number of hydrogen-bond donors (Lipinski definition) is 1. The van der Waals surface area contributed by atoms with E-state index in [9.17, 15) is 9.59 Å². The van der Waals surface area contributed by atoms with Gasteiger partial charge < -0.3 is 14.8 Å². The molecule has 0 aliphatic heterocycles. The third kappa shape index (κ3) is 6.69. The molecule has 35 heavy (non-hydrogen) atoms. The van der Waals surface area contributed by atoms with Gasteiger partial charge in [-0.25, -0.2) is 9.78 Å². The fourth-order valence-electron chi connectivity index (χ4n) is 3.42. The Labute approximate surface area is 211 Å². The van der Waals surface area contributed by atoms with E-state index < -0.39 is 11.6 Å². The molecule has 1 heterocycles. The Morgan fingerprint density at radius 3 is 2.17 bits per heavy atom. The highest BCUT2D eigenvalue weighted by Gasteiger charge is 2.31. The topological polar surface area (TPSA) is 77.5 Å². The standard InChI is InChI=1S/C28H34N2O4S/c1-8-33-26(32)28(6,7)34-22-15-9-19(10-16-22)17-29-24(31)23-18(2)30-25(35-23)20-11-13-21(14-12-20)27(3,4)5/h9-16H,8,17H2,1-7H3,(H,29,31). The van der Waals surface area contributed by atoms with Crippen molar-refractivity contribution < 1.29 is 19.1 Å². The van der Waals surface area contributed by atoms with Crippen LogP contribution in [0.2, 0.25) is 0 Å². The van der Waals surface area contributed by atoms with E-state index in [1.165, 1.54) is 16.9 Å². The molecule has 0 aliphatic rings. The van der Waals surface area contributed by atoms with Crippen molar-refractivity contribution in [2.24, 2.45) is 0 Å². The normalized spacial score (nSPS) is 11.7. The van der Waals surface area contributed by atoms with Crippen molar-refractivity contribution in [3.8, 4) is 16.3 Å². The molecule has 2 aromatic carbocycles. The van der Waals surface area contributed by atoms with Gasteiger partial charge >= 0.3 is 5.97 Å². The van der Waals surface area contributed by atoms with Gasteiger partial charge in [-0.05, 0) is 56.4 Å². The van der Waals surface area contributed by atoms with E-state index in [1.54, 1.807) is 32.9 Å². The molecule has 6 nitrogen and oxygen atoms in total. The van der Waals surface area contributed by atoms with Crippen molar-refractivity contribution in [3.63, 3.8) is 0 Å². The van der Waals surface area contributed by atoms with Gasteiger partial charge in [0.25, 0.3) is 5.91 Å². The van der Waals surface area contributed by atoms with E-state index in [0.717, 1.165) is 16.1 Å². The minimum absolute atomic E-state index is 0.0871. The van der Waals surface area contributed by atoms with E-state index in [0.29, 0.717) is 29.5 Å². The highest BCUT2D eigenvalue weighted by molar-refractivity contribution is 7.17. The number of carbonyl (C=O) groups is 2. The number of carbonyl (C=O) groups excluding carboxylic acids is 2. The van der Waals surface area contributed by atoms with Crippen LogP contribution in [0.15, 0.2) is 48.5 Å². The number of nitrogens with zero attached hydrogens (tertiary/aromatic N) is 1. The van der Waals surface area contributed by atoms with Gasteiger partial charge in [-0.15, -0.1) is 11.3 Å². The quantitative estimate of drug-likeness (QED) is 0.385. The summed E-state index contributed by atoms with van der Waals surface area (Å²) in [6, 6.07) is 15.6. The summed E-state index contributed by atoms with van der Waals surface area (Å²) in [5.41, 5.74) is 2.90. The highest BCUT2D eigenvalue weighted by atomic mass is 32.1. The maximum atomic E-state index is 12.8. The molecule has 0 fully saturated rings. The van der Waals surface area contributed by atoms with Crippen molar-refractivity contribution in [2.75, 3.05) is 6.61 Å². The van der Waals surface area contributed by atoms with Crippen LogP contribution in [0.5, 0.6) is 5.75 Å². The maximum Gasteiger partial charge on any atom is 0.349 e. The second-order valence-corrected chi connectivity index (χ2v) is 10.9. The van der Waals surface area contributed by atoms with Gasteiger partial charge in [-0.2, -0.15) is 0 Å². The smallest absolute Gasteiger partial charge is 0.349 e. The van der Waals surface area contributed by atoms with E-state index >= 15 is 0 Å². The Balaban J connectivity index is 1.62. The Morgan fingerprint density at radius 2 is 1.60 bits per heavy atom. The minimum Gasteiger partial charge on any atom is -0.476 e. The zero-order valence-corrected chi connectivity index (χ0v) is 22.3. The molecule has 0 saturated carbocycles. The monoisotopic (exact) mass is 494 g/mol. The zero-order valence-electron chi connectivity index (χ0n) is 21.5. The van der Waals surface area contributed by atoms with E-state index in [2.05, 4.69) is 55.3 Å². The van der Waals surface area contributed by atoms with Gasteiger partial charge in [-0.1, -0.05) is 57.2 Å². The molecular formula is C28H34N2O4S. The van der Waals surface area contributed by atoms with Crippen LogP contribution in [0.3, 0.4) is 0 Å². The fourth-order valence-corrected chi connectivity index (χ4v) is 4.41. The van der Waals surface area contributed by atoms with Crippen molar-refractivity contribution in [2.45, 2.75) is 66.0 Å². The van der Waals surface area contributed by atoms with E-state index in [1.807, 2.05) is 19.1 Å². The zero-order chi connectivity index (χ0) is 25.8. The lowest BCUT2D eigenvalue weighted by Crippen LogP contribution is -2.39. The summed E-state index contributed by atoms with van der Waals surface area (Å²) in [6.07, 6.45) is 0. The van der Waals surface area contributed by atoms with Gasteiger partial charge in [0, 0.05) is 12.1 Å². The largest absolute Gasteiger partial charge is 0.476 e. The molecule has 0 spiro atoms. The van der Waals surface area contributed by atoms with Crippen LogP contribution in [0.4, 0.5) is 0 Å². The molecule has 3 rings (SSSR count). The molecule has 186 valence electrons. The number of hydrogen-bond acceptors (Lipinski definition) is 6. The third-order valence-electron chi connectivity index (χ3n) is 5.52. The molecule has 0 atom stereocenters.